The van der Waals surface area contributed by atoms with E-state index in [9.17, 15) is 27.4 Å². The standard InChI is InChI=1S/C31H37F4N9OS2/c1-20-21(2-3-27-25(20)14-23(17-36)44(27)13-10-41-8-11-43(12-9-41)47(45)19-32)18-42-6-4-22(5-7-42)38-28-26-15-24(16-31(33,34)35)46-29(26)40-30(37)39-28/h2-3,14-15,22H,4-13,16,18-19H2,1H3,(H3,37,38,39,40). The number of hydrogen-bond acceptors (Lipinski definition) is 10. The lowest BCUT2D eigenvalue weighted by Gasteiger charge is -2.33. The monoisotopic (exact) mass is 691 g/mol. The minimum absolute atomic E-state index is 0.0314. The van der Waals surface area contributed by atoms with Gasteiger partial charge >= 0.3 is 6.18 Å². The number of halogens is 4. The van der Waals surface area contributed by atoms with E-state index < -0.39 is 30.0 Å². The lowest BCUT2D eigenvalue weighted by atomic mass is 10.0. The van der Waals surface area contributed by atoms with Crippen molar-refractivity contribution in [2.75, 3.05) is 62.9 Å². The van der Waals surface area contributed by atoms with Gasteiger partial charge in [0.05, 0.1) is 36.3 Å². The number of piperazine rings is 1. The molecule has 0 radical (unpaired) electrons. The van der Waals surface area contributed by atoms with Crippen LogP contribution in [0.5, 0.6) is 0 Å². The number of nitrogen functional groups attached to an aromatic ring is 1. The van der Waals surface area contributed by atoms with E-state index in [1.54, 1.807) is 4.31 Å². The van der Waals surface area contributed by atoms with Crippen LogP contribution in [0.4, 0.5) is 29.3 Å². The van der Waals surface area contributed by atoms with E-state index in [4.69, 9.17) is 5.73 Å². The number of alkyl halides is 4. The number of rotatable bonds is 10. The van der Waals surface area contributed by atoms with E-state index >= 15 is 0 Å². The lowest BCUT2D eigenvalue weighted by molar-refractivity contribution is -0.126. The molecule has 2 aliphatic heterocycles. The number of likely N-dealkylation sites (tertiary alicyclic amines) is 1. The van der Waals surface area contributed by atoms with Gasteiger partial charge in [-0.2, -0.15) is 27.8 Å². The Labute approximate surface area is 277 Å². The molecule has 0 aliphatic carbocycles. The number of nitrogens with one attached hydrogen (secondary N) is 1. The van der Waals surface area contributed by atoms with Crippen LogP contribution in [0.3, 0.4) is 0 Å². The highest BCUT2D eigenvalue weighted by molar-refractivity contribution is 7.88. The van der Waals surface area contributed by atoms with Crippen LogP contribution < -0.4 is 11.1 Å². The summed E-state index contributed by atoms with van der Waals surface area (Å²) in [7, 11) is 0. The molecule has 3 aromatic heterocycles. The third kappa shape index (κ3) is 7.76. The van der Waals surface area contributed by atoms with Gasteiger partial charge in [0.25, 0.3) is 6.01 Å². The third-order valence-electron chi connectivity index (χ3n) is 9.09. The Bertz CT molecular complexity index is 1760. The van der Waals surface area contributed by atoms with Gasteiger partial charge in [-0.3, -0.25) is 9.80 Å². The smallest absolute Gasteiger partial charge is 0.393 e. The molecule has 3 N–H and O–H groups in total. The highest BCUT2D eigenvalue weighted by Gasteiger charge is 2.30. The molecule has 2 fully saturated rings. The second-order valence-corrected chi connectivity index (χ2v) is 14.6. The SMILES string of the molecule is Cc1c(CN2CCC(Nc3nc(N)nc4sc(CC(F)(F)F)cc34)CC2)ccc2c1cc(C#N)n2CCN1CCN([S+]([O-])CF)CC1. The van der Waals surface area contributed by atoms with Crippen molar-refractivity contribution in [1.82, 2.24) is 28.6 Å². The molecular weight excluding hydrogens is 655 g/mol. The molecule has 2 aliphatic rings. The maximum absolute atomic E-state index is 13.0. The molecule has 0 spiro atoms. The largest absolute Gasteiger partial charge is 0.596 e. The summed E-state index contributed by atoms with van der Waals surface area (Å²) in [4.78, 5) is 13.7. The predicted molar refractivity (Wildman–Crippen MR) is 177 cm³/mol. The van der Waals surface area contributed by atoms with E-state index in [-0.39, 0.29) is 16.9 Å². The molecule has 252 valence electrons. The van der Waals surface area contributed by atoms with Crippen LogP contribution in [0.2, 0.25) is 0 Å². The Kier molecular flexibility index (Phi) is 10.1. The average Bonchev–Trinajstić information content (AvgIpc) is 3.61. The molecule has 16 heteroatoms. The van der Waals surface area contributed by atoms with Gasteiger partial charge in [0, 0.05) is 67.6 Å². The highest BCUT2D eigenvalue weighted by atomic mass is 32.2. The highest BCUT2D eigenvalue weighted by Crippen LogP contribution is 2.34. The van der Waals surface area contributed by atoms with E-state index in [2.05, 4.69) is 54.8 Å². The van der Waals surface area contributed by atoms with Crippen molar-refractivity contribution < 1.29 is 22.1 Å². The predicted octanol–water partition coefficient (Wildman–Crippen LogP) is 4.80. The first-order valence-electron chi connectivity index (χ1n) is 15.6. The quantitative estimate of drug-likeness (QED) is 0.178. The molecule has 1 atom stereocenters. The molecular formula is C31H37F4N9OS2. The van der Waals surface area contributed by atoms with Gasteiger partial charge in [0.15, 0.2) is 0 Å². The van der Waals surface area contributed by atoms with Crippen LogP contribution in [-0.2, 0) is 30.9 Å². The van der Waals surface area contributed by atoms with Gasteiger partial charge < -0.3 is 20.2 Å². The van der Waals surface area contributed by atoms with E-state index in [0.29, 0.717) is 54.5 Å². The fourth-order valence-electron chi connectivity index (χ4n) is 6.55. The topological polar surface area (TPSA) is 125 Å². The number of anilines is 2. The lowest BCUT2D eigenvalue weighted by Crippen LogP contribution is -2.49. The van der Waals surface area contributed by atoms with Gasteiger partial charge in [0.2, 0.25) is 5.95 Å². The van der Waals surface area contributed by atoms with Crippen LogP contribution in [0.15, 0.2) is 24.3 Å². The minimum Gasteiger partial charge on any atom is -0.596 e. The summed E-state index contributed by atoms with van der Waals surface area (Å²) in [5, 5.41) is 15.0. The van der Waals surface area contributed by atoms with Crippen LogP contribution in [0.1, 0.15) is 34.5 Å². The summed E-state index contributed by atoms with van der Waals surface area (Å²) >= 11 is -0.574. The number of piperidine rings is 1. The van der Waals surface area contributed by atoms with Crippen molar-refractivity contribution in [3.63, 3.8) is 0 Å². The minimum atomic E-state index is -4.30. The third-order valence-corrected chi connectivity index (χ3v) is 11.2. The van der Waals surface area contributed by atoms with Crippen molar-refractivity contribution in [3.05, 3.63) is 46.0 Å². The fraction of sp³-hybridized carbons (Fsp3) is 0.516. The molecule has 1 aromatic carbocycles. The number of nitriles is 1. The second kappa shape index (κ2) is 14.1. The van der Waals surface area contributed by atoms with Crippen LogP contribution in [0, 0.1) is 18.3 Å². The fourth-order valence-corrected chi connectivity index (χ4v) is 8.32. The van der Waals surface area contributed by atoms with Crippen molar-refractivity contribution in [2.24, 2.45) is 0 Å². The Morgan fingerprint density at radius 1 is 1.06 bits per heavy atom. The summed E-state index contributed by atoms with van der Waals surface area (Å²) in [5.41, 5.74) is 9.86. The number of nitrogens with zero attached hydrogens (tertiary/aromatic N) is 7. The number of nitrogens with two attached hydrogens (primary N) is 1. The summed E-state index contributed by atoms with van der Waals surface area (Å²) < 4.78 is 67.2. The second-order valence-electron chi connectivity index (χ2n) is 12.1. The molecule has 0 saturated carbocycles. The zero-order valence-corrected chi connectivity index (χ0v) is 27.7. The van der Waals surface area contributed by atoms with E-state index in [1.807, 2.05) is 6.07 Å². The molecule has 0 amide bonds. The van der Waals surface area contributed by atoms with Crippen molar-refractivity contribution in [1.29, 1.82) is 5.26 Å². The molecule has 10 nitrogen and oxygen atoms in total. The average molecular weight is 692 g/mol. The first kappa shape index (κ1) is 33.7. The number of hydrogen-bond donors (Lipinski definition) is 2. The van der Waals surface area contributed by atoms with Crippen molar-refractivity contribution in [2.45, 2.75) is 51.5 Å². The normalized spacial score (nSPS) is 18.2. The van der Waals surface area contributed by atoms with E-state index in [0.717, 1.165) is 66.8 Å². The van der Waals surface area contributed by atoms with Crippen LogP contribution in [-0.4, -0.2) is 97.2 Å². The van der Waals surface area contributed by atoms with E-state index in [1.165, 1.54) is 11.6 Å². The summed E-state index contributed by atoms with van der Waals surface area (Å²) in [6.07, 6.45) is -3.64. The van der Waals surface area contributed by atoms with Gasteiger partial charge in [-0.15, -0.1) is 15.6 Å². The first-order valence-corrected chi connectivity index (χ1v) is 17.7. The Hall–Kier alpha value is -3.20. The summed E-state index contributed by atoms with van der Waals surface area (Å²) in [5.74, 6) is 0.508. The summed E-state index contributed by atoms with van der Waals surface area (Å²) in [6.45, 7) is 8.45. The molecule has 5 heterocycles. The Balaban J connectivity index is 1.07. The number of fused-ring (bicyclic) bond motifs is 2. The zero-order valence-electron chi connectivity index (χ0n) is 26.0. The molecule has 6 rings (SSSR count). The van der Waals surface area contributed by atoms with Crippen molar-refractivity contribution in [3.8, 4) is 6.07 Å². The maximum atomic E-state index is 13.0. The number of aromatic nitrogens is 3. The molecule has 47 heavy (non-hydrogen) atoms. The molecule has 2 saturated heterocycles. The maximum Gasteiger partial charge on any atom is 0.393 e. The van der Waals surface area contributed by atoms with Crippen LogP contribution in [0.25, 0.3) is 21.1 Å². The van der Waals surface area contributed by atoms with Gasteiger partial charge in [-0.1, -0.05) is 6.07 Å². The Morgan fingerprint density at radius 3 is 2.49 bits per heavy atom. The van der Waals surface area contributed by atoms with Gasteiger partial charge in [0.1, 0.15) is 22.4 Å². The summed E-state index contributed by atoms with van der Waals surface area (Å²) in [6, 6.07) is 9.30. The van der Waals surface area contributed by atoms with Crippen LogP contribution >= 0.6 is 11.3 Å². The van der Waals surface area contributed by atoms with Gasteiger partial charge in [-0.05, 0) is 49.1 Å². The van der Waals surface area contributed by atoms with Gasteiger partial charge in [-0.25, -0.2) is 4.98 Å². The number of aryl methyl sites for hydroxylation is 1. The number of thiophene rings is 1. The first-order chi connectivity index (χ1) is 22.5. The number of benzene rings is 1. The molecule has 0 bridgehead atoms. The molecule has 4 aromatic rings. The molecule has 1 unspecified atom stereocenters. The zero-order chi connectivity index (χ0) is 33.3. The Morgan fingerprint density at radius 2 is 1.81 bits per heavy atom. The van der Waals surface area contributed by atoms with Crippen molar-refractivity contribution >= 4 is 55.6 Å².